The van der Waals surface area contributed by atoms with Gasteiger partial charge in [-0.1, -0.05) is 0 Å². The lowest BCUT2D eigenvalue weighted by Gasteiger charge is -2.11. The van der Waals surface area contributed by atoms with Crippen LogP contribution in [0.1, 0.15) is 40.1 Å². The Hall–Kier alpha value is -1.68. The molecule has 0 aliphatic carbocycles. The van der Waals surface area contributed by atoms with Gasteiger partial charge in [-0.2, -0.15) is 0 Å². The van der Waals surface area contributed by atoms with Gasteiger partial charge in [-0.15, -0.1) is 0 Å². The van der Waals surface area contributed by atoms with Crippen LogP contribution in [0.5, 0.6) is 5.75 Å². The third kappa shape index (κ3) is 2.28. The van der Waals surface area contributed by atoms with Crippen LogP contribution in [0.2, 0.25) is 0 Å². The molecule has 1 aromatic rings. The van der Waals surface area contributed by atoms with Crippen LogP contribution in [0.25, 0.3) is 0 Å². The van der Waals surface area contributed by atoms with Crippen molar-refractivity contribution in [1.82, 2.24) is 0 Å². The number of methoxy groups -OCH3 is 1. The fourth-order valence-corrected chi connectivity index (χ4v) is 1.53. The van der Waals surface area contributed by atoms with Gasteiger partial charge in [0.05, 0.1) is 19.3 Å². The second kappa shape index (κ2) is 4.90. The molecule has 0 saturated heterocycles. The number of aliphatic hydroxyl groups excluding tert-OH is 1. The summed E-state index contributed by atoms with van der Waals surface area (Å²) in [6, 6.07) is 2.99. The molecule has 0 aromatic heterocycles. The normalized spacial score (nSPS) is 10.0. The Bertz CT molecular complexity index is 393. The standard InChI is InChI=1S/C12H14O4/c1-7(14)10-5-12(16-3)11(8(2)15)4-9(10)6-13/h4-5,13H,6H2,1-3H3. The van der Waals surface area contributed by atoms with Crippen molar-refractivity contribution < 1.29 is 19.4 Å². The Morgan fingerprint density at radius 1 is 1.19 bits per heavy atom. The van der Waals surface area contributed by atoms with Gasteiger partial charge >= 0.3 is 0 Å². The number of carbonyl (C=O) groups is 2. The summed E-state index contributed by atoms with van der Waals surface area (Å²) >= 11 is 0. The average molecular weight is 222 g/mol. The topological polar surface area (TPSA) is 63.6 Å². The number of hydrogen-bond donors (Lipinski definition) is 1. The fraction of sp³-hybridized carbons (Fsp3) is 0.333. The zero-order valence-corrected chi connectivity index (χ0v) is 9.53. The third-order valence-electron chi connectivity index (χ3n) is 2.35. The number of rotatable bonds is 4. The van der Waals surface area contributed by atoms with E-state index in [1.54, 1.807) is 0 Å². The Kier molecular flexibility index (Phi) is 3.79. The molecule has 0 aliphatic rings. The van der Waals surface area contributed by atoms with Crippen molar-refractivity contribution in [3.05, 3.63) is 28.8 Å². The largest absolute Gasteiger partial charge is 0.496 e. The summed E-state index contributed by atoms with van der Waals surface area (Å²) < 4.78 is 5.04. The number of hydrogen-bond acceptors (Lipinski definition) is 4. The summed E-state index contributed by atoms with van der Waals surface area (Å²) in [6.45, 7) is 2.53. The minimum atomic E-state index is -0.279. The molecule has 16 heavy (non-hydrogen) atoms. The number of carbonyl (C=O) groups excluding carboxylic acids is 2. The average Bonchev–Trinajstić information content (AvgIpc) is 2.26. The molecule has 0 amide bonds. The molecule has 0 aliphatic heterocycles. The van der Waals surface area contributed by atoms with Crippen molar-refractivity contribution in [1.29, 1.82) is 0 Å². The van der Waals surface area contributed by atoms with Crippen molar-refractivity contribution in [3.63, 3.8) is 0 Å². The highest BCUT2D eigenvalue weighted by atomic mass is 16.5. The third-order valence-corrected chi connectivity index (χ3v) is 2.35. The Morgan fingerprint density at radius 2 is 1.75 bits per heavy atom. The lowest BCUT2D eigenvalue weighted by molar-refractivity contribution is 0.0996. The van der Waals surface area contributed by atoms with Gasteiger partial charge in [-0.05, 0) is 31.5 Å². The van der Waals surface area contributed by atoms with E-state index >= 15 is 0 Å². The van der Waals surface area contributed by atoms with Crippen LogP contribution in [0, 0.1) is 0 Å². The lowest BCUT2D eigenvalue weighted by atomic mass is 9.99. The highest BCUT2D eigenvalue weighted by molar-refractivity contribution is 6.01. The monoisotopic (exact) mass is 222 g/mol. The molecule has 0 unspecified atom stereocenters. The van der Waals surface area contributed by atoms with Crippen molar-refractivity contribution >= 4 is 11.6 Å². The van der Waals surface area contributed by atoms with E-state index in [9.17, 15) is 9.59 Å². The zero-order valence-electron chi connectivity index (χ0n) is 9.53. The number of ketones is 2. The van der Waals surface area contributed by atoms with Crippen molar-refractivity contribution in [2.45, 2.75) is 20.5 Å². The highest BCUT2D eigenvalue weighted by Crippen LogP contribution is 2.24. The SMILES string of the molecule is COc1cc(C(C)=O)c(CO)cc1C(C)=O. The smallest absolute Gasteiger partial charge is 0.163 e. The number of aliphatic hydroxyl groups is 1. The fourth-order valence-electron chi connectivity index (χ4n) is 1.53. The number of ether oxygens (including phenoxy) is 1. The van der Waals surface area contributed by atoms with E-state index in [0.717, 1.165) is 0 Å². The molecule has 0 heterocycles. The molecule has 1 rings (SSSR count). The van der Waals surface area contributed by atoms with Gasteiger partial charge in [0.1, 0.15) is 5.75 Å². The van der Waals surface area contributed by atoms with Crippen LogP contribution in [0.15, 0.2) is 12.1 Å². The zero-order chi connectivity index (χ0) is 12.3. The first-order valence-corrected chi connectivity index (χ1v) is 4.85. The minimum Gasteiger partial charge on any atom is -0.496 e. The first-order chi connectivity index (χ1) is 7.51. The van der Waals surface area contributed by atoms with Crippen LogP contribution >= 0.6 is 0 Å². The summed E-state index contributed by atoms with van der Waals surface area (Å²) in [5, 5.41) is 9.13. The second-order valence-corrected chi connectivity index (χ2v) is 3.48. The Morgan fingerprint density at radius 3 is 2.12 bits per heavy atom. The summed E-state index contributed by atoms with van der Waals surface area (Å²) in [7, 11) is 1.43. The maximum atomic E-state index is 11.3. The van der Waals surface area contributed by atoms with Crippen molar-refractivity contribution in [2.24, 2.45) is 0 Å². The molecule has 0 bridgehead atoms. The van der Waals surface area contributed by atoms with E-state index in [0.29, 0.717) is 22.4 Å². The van der Waals surface area contributed by atoms with E-state index in [-0.39, 0.29) is 18.2 Å². The first kappa shape index (κ1) is 12.4. The van der Waals surface area contributed by atoms with E-state index in [1.807, 2.05) is 0 Å². The maximum Gasteiger partial charge on any atom is 0.163 e. The van der Waals surface area contributed by atoms with Gasteiger partial charge in [0.25, 0.3) is 0 Å². The molecular weight excluding hydrogens is 208 g/mol. The Balaban J connectivity index is 3.46. The predicted octanol–water partition coefficient (Wildman–Crippen LogP) is 1.59. The molecule has 4 heteroatoms. The van der Waals surface area contributed by atoms with Gasteiger partial charge in [0.15, 0.2) is 11.6 Å². The molecule has 1 N–H and O–H groups in total. The van der Waals surface area contributed by atoms with E-state index in [1.165, 1.54) is 33.1 Å². The predicted molar refractivity (Wildman–Crippen MR) is 58.9 cm³/mol. The molecular formula is C12H14O4. The van der Waals surface area contributed by atoms with Crippen LogP contribution in [0.3, 0.4) is 0 Å². The van der Waals surface area contributed by atoms with E-state index in [2.05, 4.69) is 0 Å². The number of Topliss-reactive ketones (excluding diaryl/α,β-unsaturated/α-hetero) is 2. The summed E-state index contributed by atoms with van der Waals surface area (Å²) in [5.74, 6) is 0.0222. The highest BCUT2D eigenvalue weighted by Gasteiger charge is 2.15. The Labute approximate surface area is 93.9 Å². The molecule has 4 nitrogen and oxygen atoms in total. The first-order valence-electron chi connectivity index (χ1n) is 4.85. The van der Waals surface area contributed by atoms with Crippen molar-refractivity contribution in [2.75, 3.05) is 7.11 Å². The summed E-state index contributed by atoms with van der Waals surface area (Å²) in [4.78, 5) is 22.7. The van der Waals surface area contributed by atoms with Crippen LogP contribution in [-0.2, 0) is 6.61 Å². The molecule has 0 saturated carbocycles. The molecule has 0 fully saturated rings. The lowest BCUT2D eigenvalue weighted by Crippen LogP contribution is -2.05. The maximum absolute atomic E-state index is 11.3. The van der Waals surface area contributed by atoms with Gasteiger partial charge in [0.2, 0.25) is 0 Å². The molecule has 0 spiro atoms. The quantitative estimate of drug-likeness (QED) is 0.786. The molecule has 1 aromatic carbocycles. The minimum absolute atomic E-state index is 0.165. The summed E-state index contributed by atoms with van der Waals surface area (Å²) in [5.41, 5.74) is 1.19. The molecule has 0 radical (unpaired) electrons. The molecule has 0 atom stereocenters. The van der Waals surface area contributed by atoms with Crippen molar-refractivity contribution in [3.8, 4) is 5.75 Å². The van der Waals surface area contributed by atoms with Gasteiger partial charge < -0.3 is 9.84 Å². The van der Waals surface area contributed by atoms with Crippen LogP contribution in [0.4, 0.5) is 0 Å². The summed E-state index contributed by atoms with van der Waals surface area (Å²) in [6.07, 6.45) is 0. The van der Waals surface area contributed by atoms with Crippen LogP contribution < -0.4 is 4.74 Å². The number of benzene rings is 1. The van der Waals surface area contributed by atoms with E-state index in [4.69, 9.17) is 9.84 Å². The van der Waals surface area contributed by atoms with Gasteiger partial charge in [0, 0.05) is 5.56 Å². The molecule has 86 valence electrons. The second-order valence-electron chi connectivity index (χ2n) is 3.48. The van der Waals surface area contributed by atoms with Crippen LogP contribution in [-0.4, -0.2) is 23.8 Å². The van der Waals surface area contributed by atoms with Gasteiger partial charge in [-0.3, -0.25) is 9.59 Å². The van der Waals surface area contributed by atoms with Gasteiger partial charge in [-0.25, -0.2) is 0 Å². The van der Waals surface area contributed by atoms with E-state index < -0.39 is 0 Å².